The quantitative estimate of drug-likeness (QED) is 0.165. The van der Waals surface area contributed by atoms with Gasteiger partial charge in [-0.2, -0.15) is 0 Å². The SMILES string of the molecule is Cc1ccc(NC(=O)COc2ccc(Br)cc2/C=C2/C(=O)NC(=O)N(c3cccc([N+](=O)[O-])c3)C2=O)cc1Cl. The van der Waals surface area contributed by atoms with Crippen LogP contribution in [0.25, 0.3) is 6.08 Å². The summed E-state index contributed by atoms with van der Waals surface area (Å²) < 4.78 is 6.24. The Hall–Kier alpha value is -4.55. The fourth-order valence-electron chi connectivity index (χ4n) is 3.57. The van der Waals surface area contributed by atoms with Gasteiger partial charge in [-0.05, 0) is 55.0 Å². The van der Waals surface area contributed by atoms with Gasteiger partial charge in [-0.15, -0.1) is 0 Å². The first-order chi connectivity index (χ1) is 18.5. The van der Waals surface area contributed by atoms with Crippen LogP contribution in [0.3, 0.4) is 0 Å². The molecule has 3 aromatic rings. The van der Waals surface area contributed by atoms with E-state index in [9.17, 15) is 29.3 Å². The van der Waals surface area contributed by atoms with Crippen molar-refractivity contribution in [3.8, 4) is 5.75 Å². The number of aryl methyl sites for hydroxylation is 1. The molecule has 3 aromatic carbocycles. The van der Waals surface area contributed by atoms with Crippen LogP contribution in [0.4, 0.5) is 21.9 Å². The molecule has 4 rings (SSSR count). The minimum absolute atomic E-state index is 0.0938. The maximum Gasteiger partial charge on any atom is 0.335 e. The molecule has 0 aromatic heterocycles. The van der Waals surface area contributed by atoms with Gasteiger partial charge in [0.15, 0.2) is 6.61 Å². The number of ether oxygens (including phenoxy) is 1. The second-order valence-corrected chi connectivity index (χ2v) is 9.54. The number of nitrogens with zero attached hydrogens (tertiary/aromatic N) is 2. The van der Waals surface area contributed by atoms with Gasteiger partial charge in [-0.25, -0.2) is 9.69 Å². The number of barbiturate groups is 1. The Bertz CT molecular complexity index is 1570. The summed E-state index contributed by atoms with van der Waals surface area (Å²) in [6.07, 6.45) is 1.20. The summed E-state index contributed by atoms with van der Waals surface area (Å²) in [5.74, 6) is -2.27. The third-order valence-corrected chi connectivity index (χ3v) is 6.39. The first-order valence-electron chi connectivity index (χ1n) is 11.2. The summed E-state index contributed by atoms with van der Waals surface area (Å²) in [4.78, 5) is 61.9. The molecule has 0 atom stereocenters. The number of amides is 5. The smallest absolute Gasteiger partial charge is 0.335 e. The molecule has 39 heavy (non-hydrogen) atoms. The Morgan fingerprint density at radius 2 is 1.92 bits per heavy atom. The molecule has 0 radical (unpaired) electrons. The van der Waals surface area contributed by atoms with E-state index in [2.05, 4.69) is 26.6 Å². The lowest BCUT2D eigenvalue weighted by Gasteiger charge is -2.26. The van der Waals surface area contributed by atoms with Crippen LogP contribution in [0, 0.1) is 17.0 Å². The van der Waals surface area contributed by atoms with Crippen molar-refractivity contribution in [2.75, 3.05) is 16.8 Å². The lowest BCUT2D eigenvalue weighted by Crippen LogP contribution is -2.54. The van der Waals surface area contributed by atoms with Gasteiger partial charge < -0.3 is 10.1 Å². The normalized spacial score (nSPS) is 14.3. The molecule has 1 saturated heterocycles. The summed E-state index contributed by atoms with van der Waals surface area (Å²) in [5.41, 5.74) is 0.719. The van der Waals surface area contributed by atoms with Crippen LogP contribution in [0.5, 0.6) is 5.75 Å². The molecule has 2 N–H and O–H groups in total. The van der Waals surface area contributed by atoms with Crippen LogP contribution >= 0.6 is 27.5 Å². The van der Waals surface area contributed by atoms with Crippen molar-refractivity contribution in [2.45, 2.75) is 6.92 Å². The van der Waals surface area contributed by atoms with Gasteiger partial charge in [-0.3, -0.25) is 29.8 Å². The fraction of sp³-hybridized carbons (Fsp3) is 0.0769. The number of non-ortho nitro benzene ring substituents is 1. The Morgan fingerprint density at radius 3 is 2.64 bits per heavy atom. The molecule has 11 nitrogen and oxygen atoms in total. The third-order valence-electron chi connectivity index (χ3n) is 5.49. The molecular formula is C26H18BrClN4O7. The number of halogens is 2. The number of anilines is 2. The van der Waals surface area contributed by atoms with Crippen LogP contribution in [0.15, 0.2) is 70.7 Å². The first-order valence-corrected chi connectivity index (χ1v) is 12.3. The number of benzene rings is 3. The monoisotopic (exact) mass is 612 g/mol. The second-order valence-electron chi connectivity index (χ2n) is 8.22. The Labute approximate surface area is 234 Å². The molecule has 5 amide bonds. The zero-order valence-electron chi connectivity index (χ0n) is 20.1. The second kappa shape index (κ2) is 11.5. The predicted octanol–water partition coefficient (Wildman–Crippen LogP) is 5.00. The number of hydrogen-bond acceptors (Lipinski definition) is 7. The van der Waals surface area contributed by atoms with Crippen LogP contribution in [-0.4, -0.2) is 35.3 Å². The van der Waals surface area contributed by atoms with E-state index in [-0.39, 0.29) is 22.7 Å². The maximum absolute atomic E-state index is 13.2. The van der Waals surface area contributed by atoms with E-state index in [0.717, 1.165) is 11.6 Å². The largest absolute Gasteiger partial charge is 0.483 e. The number of imide groups is 2. The lowest BCUT2D eigenvalue weighted by atomic mass is 10.1. The van der Waals surface area contributed by atoms with Crippen LogP contribution in [-0.2, 0) is 14.4 Å². The lowest BCUT2D eigenvalue weighted by molar-refractivity contribution is -0.384. The van der Waals surface area contributed by atoms with Gasteiger partial charge >= 0.3 is 6.03 Å². The minimum atomic E-state index is -1.05. The summed E-state index contributed by atoms with van der Waals surface area (Å²) in [6, 6.07) is 13.6. The molecule has 0 spiro atoms. The minimum Gasteiger partial charge on any atom is -0.483 e. The molecule has 1 heterocycles. The molecule has 13 heteroatoms. The molecule has 0 bridgehead atoms. The van der Waals surface area contributed by atoms with Gasteiger partial charge in [-0.1, -0.05) is 39.7 Å². The van der Waals surface area contributed by atoms with Crippen LogP contribution in [0.1, 0.15) is 11.1 Å². The van der Waals surface area contributed by atoms with E-state index in [1.165, 1.54) is 30.3 Å². The topological polar surface area (TPSA) is 148 Å². The van der Waals surface area contributed by atoms with E-state index in [1.807, 2.05) is 6.92 Å². The summed E-state index contributed by atoms with van der Waals surface area (Å²) >= 11 is 9.41. The van der Waals surface area contributed by atoms with E-state index in [0.29, 0.717) is 20.1 Å². The van der Waals surface area contributed by atoms with E-state index >= 15 is 0 Å². The van der Waals surface area contributed by atoms with Crippen molar-refractivity contribution in [1.82, 2.24) is 5.32 Å². The van der Waals surface area contributed by atoms with Crippen molar-refractivity contribution in [1.29, 1.82) is 0 Å². The van der Waals surface area contributed by atoms with E-state index < -0.39 is 40.9 Å². The third kappa shape index (κ3) is 6.30. The number of nitrogens with one attached hydrogen (secondary N) is 2. The van der Waals surface area contributed by atoms with Crippen molar-refractivity contribution in [2.24, 2.45) is 0 Å². The molecular weight excluding hydrogens is 596 g/mol. The number of nitro groups is 1. The predicted molar refractivity (Wildman–Crippen MR) is 147 cm³/mol. The fourth-order valence-corrected chi connectivity index (χ4v) is 4.13. The molecule has 0 unspecified atom stereocenters. The average molecular weight is 614 g/mol. The molecule has 0 saturated carbocycles. The maximum atomic E-state index is 13.2. The zero-order chi connectivity index (χ0) is 28.3. The standard InChI is InChI=1S/C26H18BrClN4O7/c1-14-5-7-17(11-21(14)28)29-23(33)13-39-22-8-6-16(27)9-15(22)10-20-24(34)30-26(36)31(25(20)35)18-3-2-4-19(12-18)32(37)38/h2-12H,13H2,1H3,(H,29,33)(H,30,34,36)/b20-10-. The van der Waals surface area contributed by atoms with Gasteiger partial charge in [0.1, 0.15) is 11.3 Å². The summed E-state index contributed by atoms with van der Waals surface area (Å²) in [6.45, 7) is 1.43. The number of hydrogen-bond donors (Lipinski definition) is 2. The highest BCUT2D eigenvalue weighted by atomic mass is 79.9. The Morgan fingerprint density at radius 1 is 1.15 bits per heavy atom. The van der Waals surface area contributed by atoms with E-state index in [4.69, 9.17) is 16.3 Å². The molecule has 1 fully saturated rings. The van der Waals surface area contributed by atoms with Crippen LogP contribution in [0.2, 0.25) is 5.02 Å². The zero-order valence-corrected chi connectivity index (χ0v) is 22.4. The van der Waals surface area contributed by atoms with Gasteiger partial charge in [0.2, 0.25) is 0 Å². The van der Waals surface area contributed by atoms with Crippen molar-refractivity contribution in [3.63, 3.8) is 0 Å². The highest BCUT2D eigenvalue weighted by molar-refractivity contribution is 9.10. The van der Waals surface area contributed by atoms with Crippen molar-refractivity contribution < 1.29 is 28.8 Å². The van der Waals surface area contributed by atoms with Gasteiger partial charge in [0.25, 0.3) is 23.4 Å². The number of carbonyl (C=O) groups is 4. The van der Waals surface area contributed by atoms with E-state index in [1.54, 1.807) is 30.3 Å². The van der Waals surface area contributed by atoms with Crippen LogP contribution < -0.4 is 20.3 Å². The average Bonchev–Trinajstić information content (AvgIpc) is 2.88. The number of rotatable bonds is 7. The summed E-state index contributed by atoms with van der Waals surface area (Å²) in [5, 5.41) is 16.4. The Kier molecular flexibility index (Phi) is 8.07. The highest BCUT2D eigenvalue weighted by Crippen LogP contribution is 2.29. The van der Waals surface area contributed by atoms with Crippen molar-refractivity contribution >= 4 is 74.4 Å². The molecule has 0 aliphatic carbocycles. The molecule has 1 aliphatic heterocycles. The molecule has 1 aliphatic rings. The highest BCUT2D eigenvalue weighted by Gasteiger charge is 2.37. The van der Waals surface area contributed by atoms with Crippen molar-refractivity contribution in [3.05, 3.63) is 97.0 Å². The number of urea groups is 1. The van der Waals surface area contributed by atoms with Gasteiger partial charge in [0, 0.05) is 32.9 Å². The summed E-state index contributed by atoms with van der Waals surface area (Å²) in [7, 11) is 0. The number of carbonyl (C=O) groups excluding carboxylic acids is 4. The molecule has 198 valence electrons. The first kappa shape index (κ1) is 27.5. The van der Waals surface area contributed by atoms with Gasteiger partial charge in [0.05, 0.1) is 10.6 Å². The Balaban J connectivity index is 1.59. The number of nitro benzene ring substituents is 1.